The fraction of sp³-hybridized carbons (Fsp3) is 0.250. The van der Waals surface area contributed by atoms with Gasteiger partial charge in [0.05, 0.1) is 11.9 Å². The van der Waals surface area contributed by atoms with E-state index in [2.05, 4.69) is 35.1 Å². The van der Waals surface area contributed by atoms with Crippen molar-refractivity contribution in [1.82, 2.24) is 14.7 Å². The number of para-hydroxylation sites is 1. The van der Waals surface area contributed by atoms with Gasteiger partial charge < -0.3 is 10.8 Å². The minimum atomic E-state index is -0.819. The summed E-state index contributed by atoms with van der Waals surface area (Å²) in [5.41, 5.74) is 12.0. The van der Waals surface area contributed by atoms with Crippen LogP contribution in [0.3, 0.4) is 0 Å². The third kappa shape index (κ3) is 4.28. The van der Waals surface area contributed by atoms with Gasteiger partial charge in [0, 0.05) is 25.3 Å². The van der Waals surface area contributed by atoms with Crippen molar-refractivity contribution in [1.29, 1.82) is 0 Å². The van der Waals surface area contributed by atoms with Crippen LogP contribution in [0.15, 0.2) is 60.5 Å². The van der Waals surface area contributed by atoms with Gasteiger partial charge in [-0.05, 0) is 60.2 Å². The molecule has 3 N–H and O–H groups in total. The predicted molar refractivity (Wildman–Crippen MR) is 117 cm³/mol. The average molecular weight is 402 g/mol. The second-order valence-corrected chi connectivity index (χ2v) is 7.70. The molecule has 0 spiro atoms. The van der Waals surface area contributed by atoms with Crippen molar-refractivity contribution in [2.45, 2.75) is 26.3 Å². The van der Waals surface area contributed by atoms with E-state index in [1.165, 1.54) is 28.5 Å². The highest BCUT2D eigenvalue weighted by atomic mass is 16.3. The van der Waals surface area contributed by atoms with Crippen molar-refractivity contribution in [2.75, 3.05) is 13.1 Å². The fourth-order valence-corrected chi connectivity index (χ4v) is 3.94. The van der Waals surface area contributed by atoms with Gasteiger partial charge in [0.15, 0.2) is 5.76 Å². The quantitative estimate of drug-likeness (QED) is 0.490. The van der Waals surface area contributed by atoms with Gasteiger partial charge in [0.25, 0.3) is 5.91 Å². The largest absolute Gasteiger partial charge is 0.503 e. The zero-order valence-electron chi connectivity index (χ0n) is 17.1. The molecule has 1 aromatic heterocycles. The number of aliphatic hydroxyl groups excluding tert-OH is 1. The molecular formula is C24H26N4O2. The molecule has 0 saturated carbocycles. The number of fused-ring (bicyclic) bond motifs is 1. The Morgan fingerprint density at radius 2 is 2.00 bits per heavy atom. The summed E-state index contributed by atoms with van der Waals surface area (Å²) in [4.78, 5) is 13.5. The van der Waals surface area contributed by atoms with E-state index in [4.69, 9.17) is 5.73 Å². The minimum Gasteiger partial charge on any atom is -0.503 e. The molecule has 2 aromatic carbocycles. The molecule has 1 amide bonds. The van der Waals surface area contributed by atoms with Crippen molar-refractivity contribution in [3.63, 3.8) is 0 Å². The number of benzene rings is 2. The zero-order chi connectivity index (χ0) is 21.1. The van der Waals surface area contributed by atoms with E-state index in [-0.39, 0.29) is 0 Å². The van der Waals surface area contributed by atoms with Crippen LogP contribution in [0, 0.1) is 6.92 Å². The van der Waals surface area contributed by atoms with E-state index in [1.807, 2.05) is 41.2 Å². The normalized spacial score (nSPS) is 14.5. The Balaban J connectivity index is 1.43. The van der Waals surface area contributed by atoms with Crippen LogP contribution in [0.2, 0.25) is 0 Å². The first-order valence-electron chi connectivity index (χ1n) is 10.1. The summed E-state index contributed by atoms with van der Waals surface area (Å²) in [5.74, 6) is -1.24. The Morgan fingerprint density at radius 1 is 1.20 bits per heavy atom. The molecule has 1 aliphatic heterocycles. The van der Waals surface area contributed by atoms with Crippen molar-refractivity contribution >= 4 is 12.0 Å². The Kier molecular flexibility index (Phi) is 5.68. The van der Waals surface area contributed by atoms with Crippen molar-refractivity contribution in [3.05, 3.63) is 88.4 Å². The van der Waals surface area contributed by atoms with Crippen LogP contribution < -0.4 is 5.73 Å². The number of amides is 1. The first-order valence-corrected chi connectivity index (χ1v) is 10.1. The van der Waals surface area contributed by atoms with Crippen LogP contribution in [-0.4, -0.2) is 38.8 Å². The maximum absolute atomic E-state index is 11.1. The van der Waals surface area contributed by atoms with Gasteiger partial charge in [0.1, 0.15) is 0 Å². The van der Waals surface area contributed by atoms with Gasteiger partial charge in [-0.1, -0.05) is 36.4 Å². The van der Waals surface area contributed by atoms with Crippen molar-refractivity contribution in [3.8, 4) is 5.69 Å². The molecule has 30 heavy (non-hydrogen) atoms. The molecule has 3 aromatic rings. The van der Waals surface area contributed by atoms with Crippen LogP contribution >= 0.6 is 0 Å². The van der Waals surface area contributed by atoms with Crippen LogP contribution in [0.5, 0.6) is 0 Å². The summed E-state index contributed by atoms with van der Waals surface area (Å²) in [6.45, 7) is 4.93. The number of carbonyl (C=O) groups excluding carboxylic acids is 1. The summed E-state index contributed by atoms with van der Waals surface area (Å²) < 4.78 is 1.99. The molecule has 154 valence electrons. The monoisotopic (exact) mass is 402 g/mol. The summed E-state index contributed by atoms with van der Waals surface area (Å²) in [7, 11) is 0. The molecule has 0 aliphatic carbocycles. The number of primary amides is 1. The number of aliphatic hydroxyl groups is 1. The molecule has 2 heterocycles. The van der Waals surface area contributed by atoms with E-state index < -0.39 is 11.7 Å². The lowest BCUT2D eigenvalue weighted by atomic mass is 9.96. The van der Waals surface area contributed by atoms with Crippen LogP contribution in [0.4, 0.5) is 0 Å². The fourth-order valence-electron chi connectivity index (χ4n) is 3.94. The third-order valence-electron chi connectivity index (χ3n) is 5.69. The van der Waals surface area contributed by atoms with E-state index >= 15 is 0 Å². The first-order chi connectivity index (χ1) is 14.5. The lowest BCUT2D eigenvalue weighted by Gasteiger charge is -2.29. The number of hydrogen-bond acceptors (Lipinski definition) is 4. The standard InChI is InChI=1S/C24H26N4O2/c1-17-20(15-26-28(17)22-5-3-2-4-6-22)10-12-27-11-9-19-8-7-18(13-21(19)16-27)14-23(29)24(25)30/h2-8,13-15,29H,9-12,16H2,1H3,(H2,25,30)/b23-14-. The van der Waals surface area contributed by atoms with Gasteiger partial charge >= 0.3 is 0 Å². The lowest BCUT2D eigenvalue weighted by molar-refractivity contribution is -0.116. The summed E-state index contributed by atoms with van der Waals surface area (Å²) in [5, 5.41) is 14.2. The highest BCUT2D eigenvalue weighted by molar-refractivity contribution is 5.94. The molecule has 0 atom stereocenters. The van der Waals surface area contributed by atoms with Gasteiger partial charge in [-0.25, -0.2) is 4.68 Å². The van der Waals surface area contributed by atoms with Crippen LogP contribution in [-0.2, 0) is 24.2 Å². The number of hydrogen-bond donors (Lipinski definition) is 2. The van der Waals surface area contributed by atoms with Gasteiger partial charge in [-0.3, -0.25) is 9.69 Å². The summed E-state index contributed by atoms with van der Waals surface area (Å²) in [6, 6.07) is 16.2. The molecule has 4 rings (SSSR count). The van der Waals surface area contributed by atoms with Gasteiger partial charge in [0.2, 0.25) is 0 Å². The van der Waals surface area contributed by atoms with Crippen LogP contribution in [0.25, 0.3) is 11.8 Å². The average Bonchev–Trinajstić information content (AvgIpc) is 3.12. The molecule has 0 fully saturated rings. The molecule has 0 unspecified atom stereocenters. The van der Waals surface area contributed by atoms with Gasteiger partial charge in [-0.15, -0.1) is 0 Å². The van der Waals surface area contributed by atoms with Gasteiger partial charge in [-0.2, -0.15) is 5.10 Å². The maximum atomic E-state index is 11.1. The smallest absolute Gasteiger partial charge is 0.283 e. The highest BCUT2D eigenvalue weighted by Crippen LogP contribution is 2.22. The molecule has 0 bridgehead atoms. The highest BCUT2D eigenvalue weighted by Gasteiger charge is 2.17. The van der Waals surface area contributed by atoms with Crippen LogP contribution in [0.1, 0.15) is 27.9 Å². The second-order valence-electron chi connectivity index (χ2n) is 7.70. The molecule has 1 aliphatic rings. The number of aromatic nitrogens is 2. The number of rotatable bonds is 6. The topological polar surface area (TPSA) is 84.4 Å². The molecular weight excluding hydrogens is 376 g/mol. The Labute approximate surface area is 176 Å². The summed E-state index contributed by atoms with van der Waals surface area (Å²) in [6.07, 6.45) is 5.32. The molecule has 6 heteroatoms. The predicted octanol–water partition coefficient (Wildman–Crippen LogP) is 3.17. The zero-order valence-corrected chi connectivity index (χ0v) is 17.1. The van der Waals surface area contributed by atoms with E-state index in [1.54, 1.807) is 0 Å². The maximum Gasteiger partial charge on any atom is 0.283 e. The Hall–Kier alpha value is -3.38. The number of carbonyl (C=O) groups is 1. The Bertz CT molecular complexity index is 1090. The number of nitrogens with zero attached hydrogens (tertiary/aromatic N) is 3. The third-order valence-corrected chi connectivity index (χ3v) is 5.69. The lowest BCUT2D eigenvalue weighted by Crippen LogP contribution is -2.32. The molecule has 0 radical (unpaired) electrons. The number of nitrogens with two attached hydrogens (primary N) is 1. The molecule has 6 nitrogen and oxygen atoms in total. The second kappa shape index (κ2) is 8.55. The van der Waals surface area contributed by atoms with Crippen molar-refractivity contribution in [2.24, 2.45) is 5.73 Å². The summed E-state index contributed by atoms with van der Waals surface area (Å²) >= 11 is 0. The van der Waals surface area contributed by atoms with E-state index in [0.717, 1.165) is 43.7 Å². The Morgan fingerprint density at radius 3 is 2.77 bits per heavy atom. The van der Waals surface area contributed by atoms with E-state index in [9.17, 15) is 9.90 Å². The first kappa shape index (κ1) is 19.9. The van der Waals surface area contributed by atoms with Crippen molar-refractivity contribution < 1.29 is 9.90 Å². The van der Waals surface area contributed by atoms with E-state index in [0.29, 0.717) is 0 Å². The SMILES string of the molecule is Cc1c(CCN2CCc3ccc(/C=C(\O)C(N)=O)cc3C2)cnn1-c1ccccc1. The minimum absolute atomic E-state index is 0.423. The molecule has 0 saturated heterocycles.